The summed E-state index contributed by atoms with van der Waals surface area (Å²) in [6.07, 6.45) is 0. The van der Waals surface area contributed by atoms with Crippen molar-refractivity contribution in [2.45, 2.75) is 13.5 Å². The maximum absolute atomic E-state index is 13.4. The first-order chi connectivity index (χ1) is 9.15. The van der Waals surface area contributed by atoms with Crippen molar-refractivity contribution < 1.29 is 4.39 Å². The molecule has 0 amide bonds. The number of guanidine groups is 1. The van der Waals surface area contributed by atoms with E-state index in [-0.39, 0.29) is 42.3 Å². The van der Waals surface area contributed by atoms with Gasteiger partial charge in [-0.2, -0.15) is 0 Å². The second-order valence-electron chi connectivity index (χ2n) is 4.29. The average Bonchev–Trinajstić information content (AvgIpc) is 2.38. The lowest BCUT2D eigenvalue weighted by Crippen LogP contribution is -2.22. The Morgan fingerprint density at radius 3 is 2.65 bits per heavy atom. The Balaban J connectivity index is 0.00000200. The first kappa shape index (κ1) is 16.4. The summed E-state index contributed by atoms with van der Waals surface area (Å²) in [6, 6.07) is 14.3. The van der Waals surface area contributed by atoms with Gasteiger partial charge in [-0.05, 0) is 30.7 Å². The van der Waals surface area contributed by atoms with Gasteiger partial charge in [0.1, 0.15) is 5.82 Å². The van der Waals surface area contributed by atoms with Crippen LogP contribution in [0.4, 0.5) is 10.1 Å². The number of anilines is 1. The molecule has 0 unspecified atom stereocenters. The van der Waals surface area contributed by atoms with E-state index >= 15 is 0 Å². The molecule has 3 N–H and O–H groups in total. The number of aliphatic imine (C=N–C) groups is 1. The van der Waals surface area contributed by atoms with Crippen molar-refractivity contribution in [2.75, 3.05) is 5.32 Å². The van der Waals surface area contributed by atoms with Crippen LogP contribution in [0, 0.1) is 12.7 Å². The minimum Gasteiger partial charge on any atom is -0.370 e. The molecule has 2 rings (SSSR count). The van der Waals surface area contributed by atoms with Gasteiger partial charge in [0.15, 0.2) is 5.96 Å². The van der Waals surface area contributed by atoms with Gasteiger partial charge < -0.3 is 11.1 Å². The monoisotopic (exact) mass is 385 g/mol. The van der Waals surface area contributed by atoms with Gasteiger partial charge in [-0.15, -0.1) is 24.0 Å². The Hall–Kier alpha value is -1.63. The van der Waals surface area contributed by atoms with E-state index in [2.05, 4.69) is 10.3 Å². The molecule has 106 valence electrons. The summed E-state index contributed by atoms with van der Waals surface area (Å²) < 4.78 is 13.4. The lowest BCUT2D eigenvalue weighted by Gasteiger charge is -2.06. The highest BCUT2D eigenvalue weighted by atomic mass is 127. The lowest BCUT2D eigenvalue weighted by atomic mass is 10.2. The van der Waals surface area contributed by atoms with E-state index in [9.17, 15) is 4.39 Å². The Kier molecular flexibility index (Phi) is 6.44. The molecule has 0 bridgehead atoms. The summed E-state index contributed by atoms with van der Waals surface area (Å²) in [5, 5.41) is 2.98. The third-order valence-corrected chi connectivity index (χ3v) is 2.67. The van der Waals surface area contributed by atoms with Crippen LogP contribution in [0.1, 0.15) is 11.1 Å². The van der Waals surface area contributed by atoms with Gasteiger partial charge >= 0.3 is 0 Å². The third kappa shape index (κ3) is 4.80. The van der Waals surface area contributed by atoms with E-state index in [0.717, 1.165) is 11.3 Å². The molecule has 20 heavy (non-hydrogen) atoms. The van der Waals surface area contributed by atoms with Crippen LogP contribution in [0.15, 0.2) is 53.5 Å². The van der Waals surface area contributed by atoms with Gasteiger partial charge in [0.25, 0.3) is 0 Å². The lowest BCUT2D eigenvalue weighted by molar-refractivity contribution is 0.611. The first-order valence-corrected chi connectivity index (χ1v) is 6.02. The van der Waals surface area contributed by atoms with E-state index in [0.29, 0.717) is 5.56 Å². The summed E-state index contributed by atoms with van der Waals surface area (Å²) in [5.74, 6) is 0.00320. The number of nitrogens with zero attached hydrogens (tertiary/aromatic N) is 1. The van der Waals surface area contributed by atoms with Crippen molar-refractivity contribution in [2.24, 2.45) is 10.7 Å². The Morgan fingerprint density at radius 2 is 1.95 bits per heavy atom. The molecule has 5 heteroatoms. The van der Waals surface area contributed by atoms with Crippen LogP contribution >= 0.6 is 24.0 Å². The summed E-state index contributed by atoms with van der Waals surface area (Å²) >= 11 is 0. The standard InChI is InChI=1S/C15H16FN3.HI/c1-11-5-4-7-13(9-11)19-15(17)18-10-12-6-2-3-8-14(12)16;/h2-9H,10H2,1H3,(H3,17,18,19);1H. The number of rotatable bonds is 3. The van der Waals surface area contributed by atoms with Crippen LogP contribution in [-0.2, 0) is 6.54 Å². The second kappa shape index (κ2) is 7.84. The topological polar surface area (TPSA) is 50.4 Å². The molecule has 0 saturated heterocycles. The summed E-state index contributed by atoms with van der Waals surface area (Å²) in [4.78, 5) is 4.12. The van der Waals surface area contributed by atoms with Gasteiger partial charge in [0.2, 0.25) is 0 Å². The van der Waals surface area contributed by atoms with Gasteiger partial charge in [0, 0.05) is 11.3 Å². The van der Waals surface area contributed by atoms with Crippen molar-refractivity contribution >= 4 is 35.6 Å². The smallest absolute Gasteiger partial charge is 0.193 e. The van der Waals surface area contributed by atoms with Crippen molar-refractivity contribution in [3.8, 4) is 0 Å². The highest BCUT2D eigenvalue weighted by molar-refractivity contribution is 14.0. The van der Waals surface area contributed by atoms with E-state index in [4.69, 9.17) is 5.73 Å². The van der Waals surface area contributed by atoms with Crippen LogP contribution in [0.25, 0.3) is 0 Å². The van der Waals surface area contributed by atoms with Crippen molar-refractivity contribution in [1.29, 1.82) is 0 Å². The number of hydrogen-bond acceptors (Lipinski definition) is 1. The number of aryl methyl sites for hydroxylation is 1. The molecular formula is C15H17FIN3. The fraction of sp³-hybridized carbons (Fsp3) is 0.133. The molecule has 0 saturated carbocycles. The minimum absolute atomic E-state index is 0. The zero-order valence-corrected chi connectivity index (χ0v) is 13.5. The van der Waals surface area contributed by atoms with Gasteiger partial charge in [0.05, 0.1) is 6.54 Å². The summed E-state index contributed by atoms with van der Waals surface area (Å²) in [5.41, 5.74) is 8.30. The SMILES string of the molecule is Cc1cccc(NC(N)=NCc2ccccc2F)c1.I. The van der Waals surface area contributed by atoms with Gasteiger partial charge in [-0.3, -0.25) is 0 Å². The van der Waals surface area contributed by atoms with Crippen molar-refractivity contribution in [1.82, 2.24) is 0 Å². The molecule has 0 atom stereocenters. The molecule has 3 nitrogen and oxygen atoms in total. The molecule has 0 aromatic heterocycles. The molecule has 0 radical (unpaired) electrons. The number of benzene rings is 2. The number of halogens is 2. The molecule has 0 fully saturated rings. The van der Waals surface area contributed by atoms with Crippen LogP contribution in [0.5, 0.6) is 0 Å². The third-order valence-electron chi connectivity index (χ3n) is 2.67. The highest BCUT2D eigenvalue weighted by Gasteiger charge is 2.00. The van der Waals surface area contributed by atoms with E-state index in [1.165, 1.54) is 6.07 Å². The molecular weight excluding hydrogens is 368 g/mol. The number of nitrogens with one attached hydrogen (secondary N) is 1. The zero-order chi connectivity index (χ0) is 13.7. The molecule has 0 aliphatic carbocycles. The summed E-state index contributed by atoms with van der Waals surface area (Å²) in [7, 11) is 0. The largest absolute Gasteiger partial charge is 0.370 e. The van der Waals surface area contributed by atoms with E-state index < -0.39 is 0 Å². The maximum atomic E-state index is 13.4. The van der Waals surface area contributed by atoms with Gasteiger partial charge in [-0.1, -0.05) is 30.3 Å². The highest BCUT2D eigenvalue weighted by Crippen LogP contribution is 2.10. The Morgan fingerprint density at radius 1 is 1.20 bits per heavy atom. The van der Waals surface area contributed by atoms with Crippen LogP contribution < -0.4 is 11.1 Å². The second-order valence-corrected chi connectivity index (χ2v) is 4.29. The van der Waals surface area contributed by atoms with Crippen LogP contribution in [-0.4, -0.2) is 5.96 Å². The fourth-order valence-electron chi connectivity index (χ4n) is 1.71. The molecule has 0 heterocycles. The molecule has 0 spiro atoms. The van der Waals surface area contributed by atoms with E-state index in [1.807, 2.05) is 31.2 Å². The molecule has 2 aromatic rings. The Bertz CT molecular complexity index is 599. The van der Waals surface area contributed by atoms with E-state index in [1.54, 1.807) is 18.2 Å². The Labute approximate surface area is 135 Å². The predicted octanol–water partition coefficient (Wildman–Crippen LogP) is 3.68. The fourth-order valence-corrected chi connectivity index (χ4v) is 1.71. The molecule has 0 aliphatic rings. The minimum atomic E-state index is -0.269. The maximum Gasteiger partial charge on any atom is 0.193 e. The van der Waals surface area contributed by atoms with Crippen LogP contribution in [0.3, 0.4) is 0 Å². The molecule has 0 aliphatic heterocycles. The number of nitrogens with two attached hydrogens (primary N) is 1. The predicted molar refractivity (Wildman–Crippen MR) is 91.9 cm³/mol. The average molecular weight is 385 g/mol. The first-order valence-electron chi connectivity index (χ1n) is 6.02. The number of hydrogen-bond donors (Lipinski definition) is 2. The normalized spacial score (nSPS) is 10.8. The van der Waals surface area contributed by atoms with Crippen LogP contribution in [0.2, 0.25) is 0 Å². The van der Waals surface area contributed by atoms with Gasteiger partial charge in [-0.25, -0.2) is 9.38 Å². The quantitative estimate of drug-likeness (QED) is 0.481. The summed E-state index contributed by atoms with van der Waals surface area (Å²) in [6.45, 7) is 2.22. The zero-order valence-electron chi connectivity index (χ0n) is 11.1. The van der Waals surface area contributed by atoms with Crippen molar-refractivity contribution in [3.63, 3.8) is 0 Å². The molecule has 2 aromatic carbocycles. The van der Waals surface area contributed by atoms with Crippen molar-refractivity contribution in [3.05, 3.63) is 65.5 Å².